The Bertz CT molecular complexity index is 923. The van der Waals surface area contributed by atoms with Crippen LogP contribution in [0, 0.1) is 0 Å². The number of hydrogen-bond donors (Lipinski definition) is 0. The number of hydrogen-bond acceptors (Lipinski definition) is 4. The number of piperazine rings is 1. The molecule has 29 heavy (non-hydrogen) atoms. The van der Waals surface area contributed by atoms with Gasteiger partial charge in [-0.1, -0.05) is 42.5 Å². The fourth-order valence-electron chi connectivity index (χ4n) is 3.51. The minimum atomic E-state index is 0.0548. The Hall–Kier alpha value is -3.18. The van der Waals surface area contributed by atoms with Gasteiger partial charge in [-0.3, -0.25) is 9.69 Å². The maximum Gasteiger partial charge on any atom is 0.254 e. The van der Waals surface area contributed by atoms with Crippen molar-refractivity contribution < 1.29 is 9.53 Å². The van der Waals surface area contributed by atoms with E-state index < -0.39 is 0 Å². The smallest absolute Gasteiger partial charge is 0.254 e. The number of amides is 1. The van der Waals surface area contributed by atoms with Crippen LogP contribution in [0.2, 0.25) is 0 Å². The molecular weight excluding hydrogens is 362 g/mol. The molecule has 1 aliphatic heterocycles. The van der Waals surface area contributed by atoms with Crippen LogP contribution in [0.3, 0.4) is 0 Å². The molecule has 1 amide bonds. The average Bonchev–Trinajstić information content (AvgIpc) is 2.79. The third-order valence-corrected chi connectivity index (χ3v) is 5.16. The maximum absolute atomic E-state index is 12.9. The topological polar surface area (TPSA) is 45.7 Å². The Morgan fingerprint density at radius 2 is 1.69 bits per heavy atom. The highest BCUT2D eigenvalue weighted by molar-refractivity contribution is 5.94. The van der Waals surface area contributed by atoms with E-state index in [0.717, 1.165) is 39.1 Å². The van der Waals surface area contributed by atoms with Gasteiger partial charge in [0.2, 0.25) is 5.88 Å². The summed E-state index contributed by atoms with van der Waals surface area (Å²) in [5, 5.41) is 0. The van der Waals surface area contributed by atoms with E-state index in [1.165, 1.54) is 5.56 Å². The van der Waals surface area contributed by atoms with Crippen molar-refractivity contribution in [3.8, 4) is 11.6 Å². The number of rotatable bonds is 6. The summed E-state index contributed by atoms with van der Waals surface area (Å²) < 4.78 is 5.76. The lowest BCUT2D eigenvalue weighted by molar-refractivity contribution is 0.0638. The normalized spacial score (nSPS) is 14.6. The molecule has 1 saturated heterocycles. The van der Waals surface area contributed by atoms with Gasteiger partial charge in [0.05, 0.1) is 0 Å². The minimum absolute atomic E-state index is 0.0548. The zero-order valence-corrected chi connectivity index (χ0v) is 16.4. The van der Waals surface area contributed by atoms with Gasteiger partial charge in [0, 0.05) is 50.6 Å². The molecule has 0 bridgehead atoms. The zero-order chi connectivity index (χ0) is 19.9. The predicted molar refractivity (Wildman–Crippen MR) is 113 cm³/mol. The molecule has 1 aliphatic rings. The molecule has 4 rings (SSSR count). The van der Waals surface area contributed by atoms with Crippen LogP contribution in [-0.4, -0.2) is 53.4 Å². The molecule has 2 heterocycles. The number of carbonyl (C=O) groups excluding carboxylic acids is 1. The summed E-state index contributed by atoms with van der Waals surface area (Å²) in [6.07, 6.45) is 2.73. The second kappa shape index (κ2) is 9.34. The maximum atomic E-state index is 12.9. The number of ether oxygens (including phenoxy) is 1. The van der Waals surface area contributed by atoms with Crippen LogP contribution in [0.1, 0.15) is 15.9 Å². The first-order valence-corrected chi connectivity index (χ1v) is 10.0. The Kier molecular flexibility index (Phi) is 6.17. The number of nitrogens with zero attached hydrogens (tertiary/aromatic N) is 3. The van der Waals surface area contributed by atoms with Crippen LogP contribution >= 0.6 is 0 Å². The van der Waals surface area contributed by atoms with Crippen molar-refractivity contribution in [1.29, 1.82) is 0 Å². The van der Waals surface area contributed by atoms with Gasteiger partial charge in [-0.05, 0) is 36.2 Å². The number of pyridine rings is 1. The second-order valence-electron chi connectivity index (χ2n) is 7.17. The summed E-state index contributed by atoms with van der Waals surface area (Å²) in [4.78, 5) is 21.4. The van der Waals surface area contributed by atoms with Crippen LogP contribution in [0.25, 0.3) is 0 Å². The van der Waals surface area contributed by atoms with Crippen molar-refractivity contribution in [3.63, 3.8) is 0 Å². The predicted octanol–water partition coefficient (Wildman–Crippen LogP) is 3.87. The van der Waals surface area contributed by atoms with Crippen molar-refractivity contribution in [2.75, 3.05) is 32.7 Å². The summed E-state index contributed by atoms with van der Waals surface area (Å²) in [5.41, 5.74) is 2.01. The van der Waals surface area contributed by atoms with E-state index in [1.54, 1.807) is 18.3 Å². The van der Waals surface area contributed by atoms with E-state index in [0.29, 0.717) is 17.2 Å². The highest BCUT2D eigenvalue weighted by atomic mass is 16.5. The Balaban J connectivity index is 1.31. The first-order chi connectivity index (χ1) is 14.3. The third-order valence-electron chi connectivity index (χ3n) is 5.16. The lowest BCUT2D eigenvalue weighted by atomic mass is 10.1. The summed E-state index contributed by atoms with van der Waals surface area (Å²) in [6.45, 7) is 4.34. The molecule has 148 valence electrons. The van der Waals surface area contributed by atoms with Crippen LogP contribution < -0.4 is 4.74 Å². The van der Waals surface area contributed by atoms with Crippen molar-refractivity contribution in [1.82, 2.24) is 14.8 Å². The summed E-state index contributed by atoms with van der Waals surface area (Å²) in [7, 11) is 0. The Labute approximate surface area is 171 Å². The molecule has 1 aromatic heterocycles. The van der Waals surface area contributed by atoms with Crippen LogP contribution in [0.15, 0.2) is 79.0 Å². The van der Waals surface area contributed by atoms with Gasteiger partial charge < -0.3 is 9.64 Å². The third kappa shape index (κ3) is 5.21. The van der Waals surface area contributed by atoms with Gasteiger partial charge in [0.1, 0.15) is 5.75 Å². The molecule has 0 saturated carbocycles. The first kappa shape index (κ1) is 19.2. The van der Waals surface area contributed by atoms with E-state index >= 15 is 0 Å². The van der Waals surface area contributed by atoms with E-state index in [4.69, 9.17) is 4.74 Å². The number of aromatic nitrogens is 1. The number of carbonyl (C=O) groups is 1. The molecular formula is C24H25N3O2. The molecule has 5 nitrogen and oxygen atoms in total. The monoisotopic (exact) mass is 387 g/mol. The molecule has 0 aliphatic carbocycles. The molecule has 0 unspecified atom stereocenters. The van der Waals surface area contributed by atoms with Gasteiger partial charge in [-0.25, -0.2) is 4.98 Å². The van der Waals surface area contributed by atoms with E-state index in [-0.39, 0.29) is 5.91 Å². The molecule has 2 aromatic carbocycles. The van der Waals surface area contributed by atoms with E-state index in [2.05, 4.69) is 34.1 Å². The molecule has 0 N–H and O–H groups in total. The van der Waals surface area contributed by atoms with Gasteiger partial charge in [0.25, 0.3) is 5.91 Å². The lowest BCUT2D eigenvalue weighted by Gasteiger charge is -2.34. The van der Waals surface area contributed by atoms with Gasteiger partial charge in [-0.2, -0.15) is 0 Å². The Morgan fingerprint density at radius 1 is 0.897 bits per heavy atom. The van der Waals surface area contributed by atoms with Crippen molar-refractivity contribution in [2.45, 2.75) is 6.42 Å². The van der Waals surface area contributed by atoms with Crippen molar-refractivity contribution in [2.24, 2.45) is 0 Å². The number of benzene rings is 2. The van der Waals surface area contributed by atoms with E-state index in [1.807, 2.05) is 41.3 Å². The highest BCUT2D eigenvalue weighted by Gasteiger charge is 2.22. The molecule has 3 aromatic rings. The van der Waals surface area contributed by atoms with Crippen molar-refractivity contribution >= 4 is 5.91 Å². The van der Waals surface area contributed by atoms with Crippen LogP contribution in [0.5, 0.6) is 11.6 Å². The Morgan fingerprint density at radius 3 is 2.45 bits per heavy atom. The van der Waals surface area contributed by atoms with Gasteiger partial charge >= 0.3 is 0 Å². The van der Waals surface area contributed by atoms with Crippen molar-refractivity contribution in [3.05, 3.63) is 90.1 Å². The van der Waals surface area contributed by atoms with Gasteiger partial charge in [-0.15, -0.1) is 0 Å². The van der Waals surface area contributed by atoms with Crippen LogP contribution in [-0.2, 0) is 6.42 Å². The summed E-state index contributed by atoms with van der Waals surface area (Å²) in [6, 6.07) is 23.4. The highest BCUT2D eigenvalue weighted by Crippen LogP contribution is 2.21. The minimum Gasteiger partial charge on any atom is -0.439 e. The molecule has 0 atom stereocenters. The van der Waals surface area contributed by atoms with Crippen LogP contribution in [0.4, 0.5) is 0 Å². The largest absolute Gasteiger partial charge is 0.439 e. The standard InChI is InChI=1S/C24H25N3O2/c28-24(21-9-6-10-22(19-21)29-23-11-4-5-13-25-23)27-17-15-26(16-18-27)14-12-20-7-2-1-3-8-20/h1-11,13,19H,12,14-18H2. The quantitative estimate of drug-likeness (QED) is 0.644. The molecule has 0 spiro atoms. The fraction of sp³-hybridized carbons (Fsp3) is 0.250. The molecule has 1 fully saturated rings. The molecule has 0 radical (unpaired) electrons. The zero-order valence-electron chi connectivity index (χ0n) is 16.4. The van der Waals surface area contributed by atoms with Gasteiger partial charge in [0.15, 0.2) is 0 Å². The lowest BCUT2D eigenvalue weighted by Crippen LogP contribution is -2.49. The SMILES string of the molecule is O=C(c1cccc(Oc2ccccn2)c1)N1CCN(CCc2ccccc2)CC1. The fourth-order valence-corrected chi connectivity index (χ4v) is 3.51. The second-order valence-corrected chi connectivity index (χ2v) is 7.17. The summed E-state index contributed by atoms with van der Waals surface area (Å²) >= 11 is 0. The van der Waals surface area contributed by atoms with E-state index in [9.17, 15) is 4.79 Å². The first-order valence-electron chi connectivity index (χ1n) is 10.0. The average molecular weight is 387 g/mol. The summed E-state index contributed by atoms with van der Waals surface area (Å²) in [5.74, 6) is 1.19. The molecule has 5 heteroatoms.